The largest absolute Gasteiger partial charge is 0.476 e. The van der Waals surface area contributed by atoms with E-state index < -0.39 is 87.6 Å². The van der Waals surface area contributed by atoms with Crippen LogP contribution in [-0.4, -0.2) is 99.6 Å². The maximum atomic E-state index is 15.8. The molecule has 4 aromatic rings. The minimum Gasteiger partial charge on any atom is -0.462 e. The number of amides is 2. The van der Waals surface area contributed by atoms with E-state index in [0.29, 0.717) is 24.8 Å². The Labute approximate surface area is 658 Å². The van der Waals surface area contributed by atoms with E-state index in [0.717, 1.165) is 105 Å². The highest BCUT2D eigenvalue weighted by atomic mass is 31.2. The Kier molecular flexibility index (Phi) is 52.1. The van der Waals surface area contributed by atoms with E-state index in [2.05, 4.69) is 52.2 Å². The quantitative estimate of drug-likeness (QED) is 0.0240. The molecule has 1 aliphatic rings. The van der Waals surface area contributed by atoms with E-state index in [-0.39, 0.29) is 59.0 Å². The molecule has 0 spiro atoms. The van der Waals surface area contributed by atoms with Gasteiger partial charge in [0.25, 0.3) is 5.91 Å². The first kappa shape index (κ1) is 94.3. The first-order valence-corrected chi connectivity index (χ1v) is 44.2. The molecule has 0 saturated carbocycles. The number of unbranched alkanes of at least 4 members (excludes halogenated alkanes) is 29. The lowest BCUT2D eigenvalue weighted by molar-refractivity contribution is -0.293. The van der Waals surface area contributed by atoms with Crippen LogP contribution in [0.1, 0.15) is 308 Å². The van der Waals surface area contributed by atoms with E-state index in [1.807, 2.05) is 109 Å². The molecule has 0 bridgehead atoms. The number of carbonyl (C=O) groups excluding carboxylic acids is 4. The molecular weight excluding hydrogens is 1390 g/mol. The van der Waals surface area contributed by atoms with Gasteiger partial charge in [-0.25, -0.2) is 4.57 Å². The predicted molar refractivity (Wildman–Crippen MR) is 437 cm³/mol. The molecule has 1 fully saturated rings. The number of rotatable bonds is 67. The van der Waals surface area contributed by atoms with Crippen LogP contribution in [0.15, 0.2) is 121 Å². The van der Waals surface area contributed by atoms with Gasteiger partial charge in [0.05, 0.1) is 46.2 Å². The van der Waals surface area contributed by atoms with Gasteiger partial charge in [0.15, 0.2) is 18.5 Å². The van der Waals surface area contributed by atoms with Gasteiger partial charge in [0.1, 0.15) is 31.0 Å². The second kappa shape index (κ2) is 60.3. The number of carbonyl (C=O) groups is 4. The van der Waals surface area contributed by atoms with Gasteiger partial charge in [-0.15, -0.1) is 0 Å². The summed E-state index contributed by atoms with van der Waals surface area (Å²) in [6, 6.07) is 37.1. The van der Waals surface area contributed by atoms with E-state index in [9.17, 15) is 14.4 Å². The molecule has 0 radical (unpaired) electrons. The lowest BCUT2D eigenvalue weighted by Crippen LogP contribution is -2.66. The molecule has 0 aromatic heterocycles. The SMILES string of the molecule is CC(=O)N[C@H]1[C@@H](OC[C@@H](OP(=O)(OCc2ccccc2)OC[C@@H](COC(=O)CCCCCCCCCCCC(C)C)OC(=O)CCCCCCCCCCCCCC(C)C)C(=O)NCCCCCCCCCCCCCCC(C)C)O[C@H](COCc2ccccc2)[C@@H](OCc2ccccc2)[C@@H]1OCc1ccccc1. The summed E-state index contributed by atoms with van der Waals surface area (Å²) in [7, 11) is -4.93. The smallest absolute Gasteiger partial charge is 0.462 e. The summed E-state index contributed by atoms with van der Waals surface area (Å²) < 4.78 is 80.4. The van der Waals surface area contributed by atoms with Crippen LogP contribution in [0.4, 0.5) is 0 Å². The van der Waals surface area contributed by atoms with E-state index in [1.165, 1.54) is 142 Å². The fourth-order valence-electron chi connectivity index (χ4n) is 13.7. The van der Waals surface area contributed by atoms with Crippen LogP contribution in [0.2, 0.25) is 0 Å². The number of hydrogen-bond acceptors (Lipinski definition) is 15. The van der Waals surface area contributed by atoms with Gasteiger partial charge < -0.3 is 43.8 Å². The summed E-state index contributed by atoms with van der Waals surface area (Å²) in [5, 5.41) is 6.09. The zero-order chi connectivity index (χ0) is 78.0. The van der Waals surface area contributed by atoms with E-state index in [1.54, 1.807) is 12.1 Å². The Balaban J connectivity index is 1.38. The maximum absolute atomic E-state index is 15.8. The summed E-state index contributed by atoms with van der Waals surface area (Å²) in [4.78, 5) is 55.9. The van der Waals surface area contributed by atoms with E-state index >= 15 is 9.36 Å². The molecule has 614 valence electrons. The first-order chi connectivity index (χ1) is 53.1. The van der Waals surface area contributed by atoms with Crippen molar-refractivity contribution in [2.24, 2.45) is 17.8 Å². The number of phosphoric acid groups is 1. The van der Waals surface area contributed by atoms with Crippen molar-refractivity contribution in [3.8, 4) is 0 Å². The third-order valence-corrected chi connectivity index (χ3v) is 21.6. The van der Waals surface area contributed by atoms with Crippen LogP contribution in [0.25, 0.3) is 0 Å². The fraction of sp³-hybridized carbons (Fsp3) is 0.692. The predicted octanol–water partition coefficient (Wildman–Crippen LogP) is 22.3. The molecule has 1 heterocycles. The number of hydrogen-bond donors (Lipinski definition) is 2. The molecule has 5 rings (SSSR count). The zero-order valence-corrected chi connectivity index (χ0v) is 69.3. The molecule has 109 heavy (non-hydrogen) atoms. The lowest BCUT2D eigenvalue weighted by atomic mass is 9.95. The summed E-state index contributed by atoms with van der Waals surface area (Å²) in [5.41, 5.74) is 3.33. The minimum absolute atomic E-state index is 0.000668. The normalized spacial score (nSPS) is 17.0. The van der Waals surface area contributed by atoms with Crippen LogP contribution in [0.3, 0.4) is 0 Å². The van der Waals surface area contributed by atoms with Crippen LogP contribution in [-0.2, 0) is 96.9 Å². The van der Waals surface area contributed by atoms with Crippen molar-refractivity contribution in [2.75, 3.05) is 33.0 Å². The molecule has 0 aliphatic carbocycles. The van der Waals surface area contributed by atoms with Crippen molar-refractivity contribution < 1.29 is 70.5 Å². The van der Waals surface area contributed by atoms with Gasteiger partial charge in [0, 0.05) is 26.3 Å². The van der Waals surface area contributed by atoms with Crippen molar-refractivity contribution in [3.05, 3.63) is 144 Å². The Morgan fingerprint density at radius 2 is 0.807 bits per heavy atom. The number of nitrogens with one attached hydrogen (secondary N) is 2. The van der Waals surface area contributed by atoms with Crippen molar-refractivity contribution in [2.45, 2.75) is 355 Å². The van der Waals surface area contributed by atoms with E-state index in [4.69, 9.17) is 46.7 Å². The molecule has 1 aliphatic heterocycles. The first-order valence-electron chi connectivity index (χ1n) is 42.8. The Hall–Kier alpha value is -5.33. The average Bonchev–Trinajstić information content (AvgIpc) is 0.788. The summed E-state index contributed by atoms with van der Waals surface area (Å²) in [6.45, 7) is 14.1. The monoisotopic (exact) mass is 1540 g/mol. The van der Waals surface area contributed by atoms with Gasteiger partial charge in [-0.05, 0) is 59.3 Å². The zero-order valence-electron chi connectivity index (χ0n) is 68.4. The number of ether oxygens (including phenoxy) is 7. The van der Waals surface area contributed by atoms with Crippen LogP contribution in [0, 0.1) is 17.8 Å². The van der Waals surface area contributed by atoms with Gasteiger partial charge in [-0.1, -0.05) is 368 Å². The van der Waals surface area contributed by atoms with Gasteiger partial charge in [-0.3, -0.25) is 32.7 Å². The van der Waals surface area contributed by atoms with Crippen molar-refractivity contribution in [3.63, 3.8) is 0 Å². The van der Waals surface area contributed by atoms with Crippen molar-refractivity contribution in [1.82, 2.24) is 10.6 Å². The molecular formula is C91H145N2O15P. The van der Waals surface area contributed by atoms with Crippen LogP contribution < -0.4 is 10.6 Å². The summed E-state index contributed by atoms with van der Waals surface area (Å²) >= 11 is 0. The second-order valence-corrected chi connectivity index (χ2v) is 33.3. The molecule has 2 N–H and O–H groups in total. The molecule has 8 atom stereocenters. The summed E-state index contributed by atoms with van der Waals surface area (Å²) in [6.07, 6.45) is 33.3. The van der Waals surface area contributed by atoms with Crippen molar-refractivity contribution in [1.29, 1.82) is 0 Å². The lowest BCUT2D eigenvalue weighted by Gasteiger charge is -2.46. The van der Waals surface area contributed by atoms with Crippen LogP contribution in [0.5, 0.6) is 0 Å². The van der Waals surface area contributed by atoms with Crippen molar-refractivity contribution >= 4 is 31.6 Å². The topological polar surface area (TPSA) is 202 Å². The molecule has 1 unspecified atom stereocenters. The molecule has 1 saturated heterocycles. The maximum Gasteiger partial charge on any atom is 0.476 e. The Morgan fingerprint density at radius 3 is 1.24 bits per heavy atom. The highest BCUT2D eigenvalue weighted by molar-refractivity contribution is 7.48. The molecule has 4 aromatic carbocycles. The van der Waals surface area contributed by atoms with Crippen LogP contribution >= 0.6 is 7.82 Å². The summed E-state index contributed by atoms with van der Waals surface area (Å²) in [5.74, 6) is 0.212. The average molecular weight is 1540 g/mol. The second-order valence-electron chi connectivity index (χ2n) is 31.7. The number of benzene rings is 4. The molecule has 17 nitrogen and oxygen atoms in total. The number of phosphoric ester groups is 1. The third kappa shape index (κ3) is 46.4. The number of esters is 2. The highest BCUT2D eigenvalue weighted by Crippen LogP contribution is 2.52. The fourth-order valence-corrected chi connectivity index (χ4v) is 15.0. The third-order valence-electron chi connectivity index (χ3n) is 20.2. The standard InChI is InChI=1S/C91H145N2O15P/c1-74(2)52-38-28-22-16-11-8-9-14-21-27-33-51-65-92-90(97)84(73-103-91-87(93-77(7)94)89(102-68-80-59-45-36-46-60-80)88(101-67-79-57-43-35-44-58-79)83(107-91)72-99-66-78-55-41-34-42-56-78)108-109(98,104-69-81-61-47-37-48-62-81)105-71-82(70-100-85(95)63-49-31-25-20-15-18-24-30-40-54-76(5)6)106-86(96)64-50-32-26-19-13-10-12-17-23-29-39-53-75(3)4/h34-37,41-48,55-62,74-76,82-84,87-89,91H,8-33,38-40,49-54,63-73H2,1-7H3,(H,92,97)(H,93,94)/t82-,83-,84-,87-,88-,89-,91+,109?/m1/s1. The molecule has 18 heteroatoms. The Bertz CT molecular complexity index is 2950. The highest BCUT2D eigenvalue weighted by Gasteiger charge is 2.50. The molecule has 2 amide bonds. The van der Waals surface area contributed by atoms with Gasteiger partial charge in [-0.2, -0.15) is 0 Å². The minimum atomic E-state index is -4.93. The van der Waals surface area contributed by atoms with Gasteiger partial charge >= 0.3 is 19.8 Å². The Morgan fingerprint density at radius 1 is 0.422 bits per heavy atom. The van der Waals surface area contributed by atoms with Gasteiger partial charge in [0.2, 0.25) is 5.91 Å².